The maximum absolute atomic E-state index is 6.09. The van der Waals surface area contributed by atoms with E-state index < -0.39 is 0 Å². The molecule has 3 heterocycles. The van der Waals surface area contributed by atoms with Crippen LogP contribution in [-0.4, -0.2) is 15.4 Å². The fraction of sp³-hybridized carbons (Fsp3) is 0.214. The van der Waals surface area contributed by atoms with Crippen LogP contribution in [0.25, 0.3) is 16.2 Å². The van der Waals surface area contributed by atoms with E-state index in [0.717, 1.165) is 22.0 Å². The Hall–Kier alpha value is -1.52. The van der Waals surface area contributed by atoms with Crippen molar-refractivity contribution in [3.63, 3.8) is 0 Å². The molecule has 0 spiro atoms. The zero-order chi connectivity index (χ0) is 13.4. The first-order valence-corrected chi connectivity index (χ1v) is 7.39. The van der Waals surface area contributed by atoms with Gasteiger partial charge in [0.2, 0.25) is 0 Å². The molecule has 1 N–H and O–H groups in total. The van der Waals surface area contributed by atoms with E-state index in [4.69, 9.17) is 16.6 Å². The molecule has 0 saturated carbocycles. The summed E-state index contributed by atoms with van der Waals surface area (Å²) in [7, 11) is 0. The van der Waals surface area contributed by atoms with Gasteiger partial charge in [0.25, 0.3) is 0 Å². The van der Waals surface area contributed by atoms with Gasteiger partial charge in [0.15, 0.2) is 0 Å². The largest absolute Gasteiger partial charge is 0.367 e. The molecule has 3 rings (SSSR count). The van der Waals surface area contributed by atoms with Crippen molar-refractivity contribution in [2.24, 2.45) is 0 Å². The van der Waals surface area contributed by atoms with Gasteiger partial charge in [0, 0.05) is 12.2 Å². The van der Waals surface area contributed by atoms with E-state index in [-0.39, 0.29) is 0 Å². The summed E-state index contributed by atoms with van der Waals surface area (Å²) in [5.74, 6) is 0.995. The van der Waals surface area contributed by atoms with E-state index in [1.54, 1.807) is 11.3 Å². The van der Waals surface area contributed by atoms with Crippen LogP contribution in [0.2, 0.25) is 5.02 Å². The number of pyridine rings is 1. The standard InChI is InChI=1S/C14H14ClN3S/c1-9(2)16-14-13(11-4-3-7-19-11)17-12-6-5-10(15)8-18(12)14/h3-9,16H,1-2H3. The number of fused-ring (bicyclic) bond motifs is 1. The zero-order valence-electron chi connectivity index (χ0n) is 10.7. The third kappa shape index (κ3) is 2.33. The van der Waals surface area contributed by atoms with E-state index in [2.05, 4.69) is 30.6 Å². The van der Waals surface area contributed by atoms with E-state index in [0.29, 0.717) is 11.1 Å². The lowest BCUT2D eigenvalue weighted by atomic mass is 10.3. The van der Waals surface area contributed by atoms with E-state index >= 15 is 0 Å². The first-order chi connectivity index (χ1) is 9.15. The molecule has 0 aliphatic carbocycles. The number of nitrogens with one attached hydrogen (secondary N) is 1. The summed E-state index contributed by atoms with van der Waals surface area (Å²) in [6.07, 6.45) is 1.89. The van der Waals surface area contributed by atoms with E-state index in [9.17, 15) is 0 Å². The maximum atomic E-state index is 6.09. The van der Waals surface area contributed by atoms with Gasteiger partial charge < -0.3 is 5.32 Å². The minimum Gasteiger partial charge on any atom is -0.367 e. The Labute approximate surface area is 120 Å². The van der Waals surface area contributed by atoms with Crippen molar-refractivity contribution in [2.75, 3.05) is 5.32 Å². The Morgan fingerprint density at radius 1 is 1.32 bits per heavy atom. The molecule has 0 fully saturated rings. The maximum Gasteiger partial charge on any atom is 0.139 e. The smallest absolute Gasteiger partial charge is 0.139 e. The number of rotatable bonds is 3. The van der Waals surface area contributed by atoms with Crippen LogP contribution in [-0.2, 0) is 0 Å². The normalized spacial score (nSPS) is 11.4. The first-order valence-electron chi connectivity index (χ1n) is 6.13. The third-order valence-corrected chi connectivity index (χ3v) is 3.86. The molecule has 19 heavy (non-hydrogen) atoms. The van der Waals surface area contributed by atoms with Crippen molar-refractivity contribution in [2.45, 2.75) is 19.9 Å². The molecule has 0 amide bonds. The molecule has 3 aromatic rings. The number of aromatic nitrogens is 2. The lowest BCUT2D eigenvalue weighted by molar-refractivity contribution is 0.885. The number of halogens is 1. The van der Waals surface area contributed by atoms with Crippen LogP contribution in [0.15, 0.2) is 35.8 Å². The first kappa shape index (κ1) is 12.5. The van der Waals surface area contributed by atoms with Crippen molar-refractivity contribution < 1.29 is 0 Å². The van der Waals surface area contributed by atoms with Crippen LogP contribution in [0.1, 0.15) is 13.8 Å². The molecular formula is C14H14ClN3S. The van der Waals surface area contributed by atoms with Crippen LogP contribution >= 0.6 is 22.9 Å². The van der Waals surface area contributed by atoms with E-state index in [1.807, 2.05) is 28.8 Å². The number of anilines is 1. The van der Waals surface area contributed by atoms with Crippen molar-refractivity contribution >= 4 is 34.4 Å². The van der Waals surface area contributed by atoms with Gasteiger partial charge >= 0.3 is 0 Å². The van der Waals surface area contributed by atoms with Crippen LogP contribution in [0.3, 0.4) is 0 Å². The fourth-order valence-corrected chi connectivity index (χ4v) is 2.89. The predicted molar refractivity (Wildman–Crippen MR) is 82.3 cm³/mol. The summed E-state index contributed by atoms with van der Waals surface area (Å²) in [6, 6.07) is 8.25. The number of thiophene rings is 1. The highest BCUT2D eigenvalue weighted by Crippen LogP contribution is 2.32. The summed E-state index contributed by atoms with van der Waals surface area (Å²) in [5, 5.41) is 6.22. The van der Waals surface area contributed by atoms with Gasteiger partial charge in [0.1, 0.15) is 17.2 Å². The summed E-state index contributed by atoms with van der Waals surface area (Å²) in [5.41, 5.74) is 1.88. The van der Waals surface area contributed by atoms with Crippen molar-refractivity contribution in [3.05, 3.63) is 40.9 Å². The van der Waals surface area contributed by atoms with Gasteiger partial charge in [0.05, 0.1) is 9.90 Å². The summed E-state index contributed by atoms with van der Waals surface area (Å²) >= 11 is 7.78. The van der Waals surface area contributed by atoms with Crippen molar-refractivity contribution in [1.29, 1.82) is 0 Å². The highest BCUT2D eigenvalue weighted by Gasteiger charge is 2.15. The second kappa shape index (κ2) is 4.87. The number of imidazole rings is 1. The highest BCUT2D eigenvalue weighted by molar-refractivity contribution is 7.13. The summed E-state index contributed by atoms with van der Waals surface area (Å²) < 4.78 is 2.01. The lowest BCUT2D eigenvalue weighted by Crippen LogP contribution is -2.12. The number of hydrogen-bond acceptors (Lipinski definition) is 3. The highest BCUT2D eigenvalue weighted by atomic mass is 35.5. The molecule has 0 unspecified atom stereocenters. The SMILES string of the molecule is CC(C)Nc1c(-c2cccs2)nc2ccc(Cl)cn12. The van der Waals surface area contributed by atoms with Crippen molar-refractivity contribution in [3.8, 4) is 10.6 Å². The molecule has 5 heteroatoms. The van der Waals surface area contributed by atoms with Gasteiger partial charge in [-0.3, -0.25) is 4.40 Å². The third-order valence-electron chi connectivity index (χ3n) is 2.76. The molecule has 0 aliphatic rings. The van der Waals surface area contributed by atoms with Crippen molar-refractivity contribution in [1.82, 2.24) is 9.38 Å². The second-order valence-electron chi connectivity index (χ2n) is 4.66. The Morgan fingerprint density at radius 3 is 2.84 bits per heavy atom. The Kier molecular flexibility index (Phi) is 3.21. The molecular weight excluding hydrogens is 278 g/mol. The minimum absolute atomic E-state index is 0.331. The molecule has 0 saturated heterocycles. The zero-order valence-corrected chi connectivity index (χ0v) is 12.3. The molecule has 0 aliphatic heterocycles. The molecule has 98 valence electrons. The molecule has 0 atom stereocenters. The average molecular weight is 292 g/mol. The minimum atomic E-state index is 0.331. The number of hydrogen-bond donors (Lipinski definition) is 1. The topological polar surface area (TPSA) is 29.3 Å². The average Bonchev–Trinajstić information content (AvgIpc) is 2.97. The van der Waals surface area contributed by atoms with Crippen LogP contribution in [0, 0.1) is 0 Å². The van der Waals surface area contributed by atoms with Gasteiger partial charge in [-0.2, -0.15) is 0 Å². The monoisotopic (exact) mass is 291 g/mol. The fourth-order valence-electron chi connectivity index (χ4n) is 2.02. The number of nitrogens with zero attached hydrogens (tertiary/aromatic N) is 2. The van der Waals surface area contributed by atoms with Crippen LogP contribution in [0.5, 0.6) is 0 Å². The van der Waals surface area contributed by atoms with Crippen LogP contribution in [0.4, 0.5) is 5.82 Å². The van der Waals surface area contributed by atoms with Gasteiger partial charge in [-0.1, -0.05) is 17.7 Å². The second-order valence-corrected chi connectivity index (χ2v) is 6.05. The molecule has 0 aromatic carbocycles. The van der Waals surface area contributed by atoms with Gasteiger partial charge in [-0.05, 0) is 37.4 Å². The molecule has 0 bridgehead atoms. The Bertz CT molecular complexity index is 701. The Morgan fingerprint density at radius 2 is 2.16 bits per heavy atom. The molecule has 3 aromatic heterocycles. The van der Waals surface area contributed by atoms with E-state index in [1.165, 1.54) is 0 Å². The lowest BCUT2D eigenvalue weighted by Gasteiger charge is -2.11. The summed E-state index contributed by atoms with van der Waals surface area (Å²) in [4.78, 5) is 5.86. The predicted octanol–water partition coefficient (Wildman–Crippen LogP) is 4.54. The molecule has 3 nitrogen and oxygen atoms in total. The van der Waals surface area contributed by atoms with Crippen LogP contribution < -0.4 is 5.32 Å². The summed E-state index contributed by atoms with van der Waals surface area (Å²) in [6.45, 7) is 4.23. The Balaban J connectivity index is 2.25. The quantitative estimate of drug-likeness (QED) is 0.768. The molecule has 0 radical (unpaired) electrons. The van der Waals surface area contributed by atoms with Gasteiger partial charge in [-0.25, -0.2) is 4.98 Å². The van der Waals surface area contributed by atoms with Gasteiger partial charge in [-0.15, -0.1) is 11.3 Å².